The average molecular weight is 423 g/mol. The third-order valence-corrected chi connectivity index (χ3v) is 8.33. The molecule has 0 aliphatic carbocycles. The Hall–Kier alpha value is -1.90. The molecule has 0 radical (unpaired) electrons. The largest absolute Gasteiger partial charge is 0.497 e. The zero-order valence-electron chi connectivity index (χ0n) is 16.2. The molecule has 1 atom stereocenters. The smallest absolute Gasteiger partial charge is 0.252 e. The minimum absolute atomic E-state index is 0.0836. The molecule has 1 aliphatic rings. The molecule has 1 aromatic carbocycles. The first-order valence-corrected chi connectivity index (χ1v) is 11.7. The lowest BCUT2D eigenvalue weighted by molar-refractivity contribution is -0.132. The molecule has 1 saturated heterocycles. The van der Waals surface area contributed by atoms with E-state index in [2.05, 4.69) is 0 Å². The summed E-state index contributed by atoms with van der Waals surface area (Å²) in [6.07, 6.45) is 2.78. The highest BCUT2D eigenvalue weighted by atomic mass is 32.2. The van der Waals surface area contributed by atoms with Crippen LogP contribution in [0, 0.1) is 0 Å². The molecule has 1 aliphatic heterocycles. The zero-order chi connectivity index (χ0) is 20.1. The first-order chi connectivity index (χ1) is 13.4. The van der Waals surface area contributed by atoms with Crippen molar-refractivity contribution in [3.05, 3.63) is 47.3 Å². The fourth-order valence-corrected chi connectivity index (χ4v) is 5.93. The summed E-state index contributed by atoms with van der Waals surface area (Å²) in [4.78, 5) is 14.7. The fourth-order valence-electron chi connectivity index (χ4n) is 3.52. The molecule has 3 rings (SSSR count). The van der Waals surface area contributed by atoms with Crippen LogP contribution in [0.4, 0.5) is 0 Å². The van der Waals surface area contributed by atoms with Gasteiger partial charge in [-0.15, -0.1) is 11.3 Å². The van der Waals surface area contributed by atoms with Gasteiger partial charge < -0.3 is 9.64 Å². The molecule has 0 N–H and O–H groups in total. The predicted octanol–water partition coefficient (Wildman–Crippen LogP) is 3.52. The SMILES string of the molecule is COc1ccc([C@H]2CCCN2C(=O)CCCN(C)S(=O)(=O)c2cccs2)cc1. The zero-order valence-corrected chi connectivity index (χ0v) is 17.8. The molecule has 1 amide bonds. The van der Waals surface area contributed by atoms with Crippen LogP contribution < -0.4 is 4.74 Å². The molecule has 0 spiro atoms. The third-order valence-electron chi connectivity index (χ3n) is 5.10. The molecule has 0 unspecified atom stereocenters. The maximum Gasteiger partial charge on any atom is 0.252 e. The summed E-state index contributed by atoms with van der Waals surface area (Å²) < 4.78 is 31.8. The molecular formula is C20H26N2O4S2. The van der Waals surface area contributed by atoms with Crippen LogP contribution in [0.25, 0.3) is 0 Å². The van der Waals surface area contributed by atoms with E-state index in [1.54, 1.807) is 31.7 Å². The van der Waals surface area contributed by atoms with Crippen LogP contribution in [0.5, 0.6) is 5.75 Å². The van der Waals surface area contributed by atoms with Crippen LogP contribution >= 0.6 is 11.3 Å². The Kier molecular flexibility index (Phi) is 6.74. The first kappa shape index (κ1) is 20.8. The molecule has 6 nitrogen and oxygen atoms in total. The van der Waals surface area contributed by atoms with Crippen molar-refractivity contribution in [1.29, 1.82) is 0 Å². The minimum Gasteiger partial charge on any atom is -0.497 e. The van der Waals surface area contributed by atoms with E-state index in [-0.39, 0.29) is 11.9 Å². The lowest BCUT2D eigenvalue weighted by Gasteiger charge is -2.25. The molecule has 0 saturated carbocycles. The van der Waals surface area contributed by atoms with Gasteiger partial charge >= 0.3 is 0 Å². The van der Waals surface area contributed by atoms with Gasteiger partial charge in [0, 0.05) is 26.6 Å². The normalized spacial score (nSPS) is 17.2. The summed E-state index contributed by atoms with van der Waals surface area (Å²) in [6.45, 7) is 1.08. The number of carbonyl (C=O) groups excluding carboxylic acids is 1. The number of thiophene rings is 1. The second-order valence-electron chi connectivity index (χ2n) is 6.88. The summed E-state index contributed by atoms with van der Waals surface area (Å²) in [7, 11) is -0.258. The van der Waals surface area contributed by atoms with Crippen molar-refractivity contribution in [2.75, 3.05) is 27.2 Å². The van der Waals surface area contributed by atoms with Gasteiger partial charge in [-0.3, -0.25) is 4.79 Å². The molecule has 28 heavy (non-hydrogen) atoms. The molecular weight excluding hydrogens is 396 g/mol. The third kappa shape index (κ3) is 4.56. The number of nitrogens with zero attached hydrogens (tertiary/aromatic N) is 2. The van der Waals surface area contributed by atoms with Gasteiger partial charge in [-0.1, -0.05) is 18.2 Å². The van der Waals surface area contributed by atoms with Gasteiger partial charge in [-0.25, -0.2) is 12.7 Å². The van der Waals surface area contributed by atoms with Crippen molar-refractivity contribution in [3.8, 4) is 5.75 Å². The Bertz CT molecular complexity index is 879. The second-order valence-corrected chi connectivity index (χ2v) is 10.1. The fraction of sp³-hybridized carbons (Fsp3) is 0.450. The van der Waals surface area contributed by atoms with Gasteiger partial charge in [0.1, 0.15) is 9.96 Å². The van der Waals surface area contributed by atoms with E-state index in [1.165, 1.54) is 15.6 Å². The highest BCUT2D eigenvalue weighted by Gasteiger charge is 2.30. The lowest BCUT2D eigenvalue weighted by Crippen LogP contribution is -2.32. The molecule has 8 heteroatoms. The van der Waals surface area contributed by atoms with E-state index in [0.717, 1.165) is 30.7 Å². The van der Waals surface area contributed by atoms with Crippen molar-refractivity contribution in [3.63, 3.8) is 0 Å². The minimum atomic E-state index is -3.46. The van der Waals surface area contributed by atoms with Crippen molar-refractivity contribution in [1.82, 2.24) is 9.21 Å². The van der Waals surface area contributed by atoms with E-state index in [0.29, 0.717) is 23.6 Å². The number of benzene rings is 1. The Morgan fingerprint density at radius 2 is 2.04 bits per heavy atom. The predicted molar refractivity (Wildman–Crippen MR) is 110 cm³/mol. The second kappa shape index (κ2) is 9.07. The van der Waals surface area contributed by atoms with Gasteiger partial charge in [0.15, 0.2) is 0 Å². The van der Waals surface area contributed by atoms with Crippen LogP contribution in [0.1, 0.15) is 37.3 Å². The van der Waals surface area contributed by atoms with E-state index < -0.39 is 10.0 Å². The number of sulfonamides is 1. The number of amides is 1. The summed E-state index contributed by atoms with van der Waals surface area (Å²) in [5.41, 5.74) is 1.11. The molecule has 152 valence electrons. The number of carbonyl (C=O) groups is 1. The van der Waals surface area contributed by atoms with Crippen molar-refractivity contribution >= 4 is 27.3 Å². The summed E-state index contributed by atoms with van der Waals surface area (Å²) in [6, 6.07) is 11.3. The van der Waals surface area contributed by atoms with Crippen molar-refractivity contribution in [2.24, 2.45) is 0 Å². The lowest BCUT2D eigenvalue weighted by atomic mass is 10.0. The molecule has 2 heterocycles. The topological polar surface area (TPSA) is 66.9 Å². The Balaban J connectivity index is 1.55. The van der Waals surface area contributed by atoms with Gasteiger partial charge in [-0.2, -0.15) is 0 Å². The molecule has 2 aromatic rings. The monoisotopic (exact) mass is 422 g/mol. The first-order valence-electron chi connectivity index (χ1n) is 9.37. The maximum atomic E-state index is 12.7. The Morgan fingerprint density at radius 3 is 2.68 bits per heavy atom. The summed E-state index contributed by atoms with van der Waals surface area (Å²) in [5, 5.41) is 1.75. The number of likely N-dealkylation sites (tertiary alicyclic amines) is 1. The van der Waals surface area contributed by atoms with Crippen LogP contribution in [0.3, 0.4) is 0 Å². The number of rotatable bonds is 8. The Morgan fingerprint density at radius 1 is 1.29 bits per heavy atom. The average Bonchev–Trinajstić information content (AvgIpc) is 3.40. The van der Waals surface area contributed by atoms with E-state index in [9.17, 15) is 13.2 Å². The van der Waals surface area contributed by atoms with E-state index in [4.69, 9.17) is 4.74 Å². The van der Waals surface area contributed by atoms with Crippen molar-refractivity contribution in [2.45, 2.75) is 35.9 Å². The van der Waals surface area contributed by atoms with Gasteiger partial charge in [0.05, 0.1) is 13.2 Å². The van der Waals surface area contributed by atoms with Gasteiger partial charge in [-0.05, 0) is 48.4 Å². The van der Waals surface area contributed by atoms with E-state index in [1.807, 2.05) is 29.2 Å². The van der Waals surface area contributed by atoms with Crippen LogP contribution in [0.2, 0.25) is 0 Å². The maximum absolute atomic E-state index is 12.7. The highest BCUT2D eigenvalue weighted by Crippen LogP contribution is 2.33. The van der Waals surface area contributed by atoms with Crippen LogP contribution in [0.15, 0.2) is 46.0 Å². The van der Waals surface area contributed by atoms with E-state index >= 15 is 0 Å². The number of methoxy groups -OCH3 is 1. The molecule has 1 fully saturated rings. The Labute approximate surface area is 170 Å². The van der Waals surface area contributed by atoms with Crippen LogP contribution in [-0.4, -0.2) is 50.8 Å². The number of ether oxygens (including phenoxy) is 1. The summed E-state index contributed by atoms with van der Waals surface area (Å²) >= 11 is 1.21. The molecule has 1 aromatic heterocycles. The quantitative estimate of drug-likeness (QED) is 0.653. The van der Waals surface area contributed by atoms with Gasteiger partial charge in [0.2, 0.25) is 5.91 Å². The summed E-state index contributed by atoms with van der Waals surface area (Å²) in [5.74, 6) is 0.884. The number of hydrogen-bond donors (Lipinski definition) is 0. The van der Waals surface area contributed by atoms with Crippen LogP contribution in [-0.2, 0) is 14.8 Å². The number of hydrogen-bond acceptors (Lipinski definition) is 5. The highest BCUT2D eigenvalue weighted by molar-refractivity contribution is 7.91. The standard InChI is InChI=1S/C20H26N2O4S2/c1-21(28(24,25)20-8-5-15-27-20)13-4-7-19(23)22-14-3-6-18(22)16-9-11-17(26-2)12-10-16/h5,8-12,15,18H,3-4,6-7,13-14H2,1-2H3/t18-/m1/s1. The van der Waals surface area contributed by atoms with Gasteiger partial charge in [0.25, 0.3) is 10.0 Å². The molecule has 0 bridgehead atoms. The van der Waals surface area contributed by atoms with Crippen molar-refractivity contribution < 1.29 is 17.9 Å².